The van der Waals surface area contributed by atoms with Crippen molar-refractivity contribution in [3.8, 4) is 11.3 Å². The second-order valence-corrected chi connectivity index (χ2v) is 8.15. The average Bonchev–Trinajstić information content (AvgIpc) is 3.05. The molecule has 2 aromatic rings. The van der Waals surface area contributed by atoms with E-state index in [0.717, 1.165) is 23.9 Å². The molecule has 0 radical (unpaired) electrons. The molecule has 12 heteroatoms. The zero-order valence-electron chi connectivity index (χ0n) is 16.9. The second kappa shape index (κ2) is 9.39. The molecular formula is C20H18F3N5O3S. The standard InChI is InChI=1S/C20H18F3N5O3S/c1-28(2)16-8-13(20(21,22)23)7-14(25-16)12-5-3-4-11(6-12)10-24-27-19-26-18(31)15(32-19)9-17(29)30/h3-8,10,15H,9H2,1-2H3,(H,29,30)(H,26,27,31). The van der Waals surface area contributed by atoms with Gasteiger partial charge in [0.25, 0.3) is 0 Å². The molecule has 168 valence electrons. The molecule has 0 saturated carbocycles. The molecule has 8 nitrogen and oxygen atoms in total. The number of anilines is 1. The molecule has 32 heavy (non-hydrogen) atoms. The number of alkyl halides is 3. The van der Waals surface area contributed by atoms with Crippen LogP contribution in [0.3, 0.4) is 0 Å². The molecule has 1 unspecified atom stereocenters. The number of amides is 1. The van der Waals surface area contributed by atoms with Crippen molar-refractivity contribution in [2.45, 2.75) is 17.8 Å². The number of hydrogen-bond donors (Lipinski definition) is 2. The molecule has 0 aliphatic carbocycles. The van der Waals surface area contributed by atoms with E-state index in [1.54, 1.807) is 38.4 Å². The fraction of sp³-hybridized carbons (Fsp3) is 0.250. The van der Waals surface area contributed by atoms with Crippen molar-refractivity contribution in [1.82, 2.24) is 10.3 Å². The minimum Gasteiger partial charge on any atom is -0.481 e. The third-order valence-corrected chi connectivity index (χ3v) is 5.34. The number of carboxylic acids is 1. The van der Waals surface area contributed by atoms with Gasteiger partial charge in [0.2, 0.25) is 5.91 Å². The summed E-state index contributed by atoms with van der Waals surface area (Å²) < 4.78 is 39.9. The van der Waals surface area contributed by atoms with Crippen molar-refractivity contribution in [2.24, 2.45) is 10.2 Å². The summed E-state index contributed by atoms with van der Waals surface area (Å²) in [6.45, 7) is 0. The summed E-state index contributed by atoms with van der Waals surface area (Å²) in [4.78, 5) is 28.3. The topological polar surface area (TPSA) is 107 Å². The van der Waals surface area contributed by atoms with Crippen molar-refractivity contribution in [3.63, 3.8) is 0 Å². The summed E-state index contributed by atoms with van der Waals surface area (Å²) in [5.41, 5.74) is 0.358. The first-order chi connectivity index (χ1) is 15.0. The Kier molecular flexibility index (Phi) is 6.82. The van der Waals surface area contributed by atoms with E-state index in [0.29, 0.717) is 11.1 Å². The third kappa shape index (κ3) is 5.84. The van der Waals surface area contributed by atoms with E-state index in [4.69, 9.17) is 5.11 Å². The zero-order chi connectivity index (χ0) is 23.5. The summed E-state index contributed by atoms with van der Waals surface area (Å²) in [6, 6.07) is 8.54. The van der Waals surface area contributed by atoms with E-state index in [2.05, 4.69) is 20.5 Å². The van der Waals surface area contributed by atoms with Crippen LogP contribution < -0.4 is 10.2 Å². The number of nitrogens with one attached hydrogen (secondary N) is 1. The van der Waals surface area contributed by atoms with Gasteiger partial charge in [-0.25, -0.2) is 4.98 Å². The normalized spacial score (nSPS) is 17.7. The highest BCUT2D eigenvalue weighted by Crippen LogP contribution is 2.34. The number of halogens is 3. The van der Waals surface area contributed by atoms with Gasteiger partial charge >= 0.3 is 12.1 Å². The molecule has 3 rings (SSSR count). The molecule has 0 spiro atoms. The lowest BCUT2D eigenvalue weighted by Gasteiger charge is -2.16. The molecule has 1 aliphatic heterocycles. The van der Waals surface area contributed by atoms with E-state index >= 15 is 0 Å². The van der Waals surface area contributed by atoms with Crippen molar-refractivity contribution in [3.05, 3.63) is 47.5 Å². The van der Waals surface area contributed by atoms with Gasteiger partial charge in [0, 0.05) is 19.7 Å². The van der Waals surface area contributed by atoms with Gasteiger partial charge < -0.3 is 15.3 Å². The number of benzene rings is 1. The van der Waals surface area contributed by atoms with E-state index in [1.165, 1.54) is 11.1 Å². The Hall–Kier alpha value is -3.41. The van der Waals surface area contributed by atoms with Crippen LogP contribution in [0.15, 0.2) is 46.6 Å². The van der Waals surface area contributed by atoms with Crippen LogP contribution in [0.1, 0.15) is 17.5 Å². The minimum atomic E-state index is -4.51. The fourth-order valence-corrected chi connectivity index (χ4v) is 3.64. The predicted molar refractivity (Wildman–Crippen MR) is 116 cm³/mol. The lowest BCUT2D eigenvalue weighted by molar-refractivity contribution is -0.138. The average molecular weight is 465 g/mol. The molecule has 2 N–H and O–H groups in total. The van der Waals surface area contributed by atoms with Crippen LogP contribution in [0.2, 0.25) is 0 Å². The maximum atomic E-state index is 13.3. The third-order valence-electron chi connectivity index (χ3n) is 4.27. The highest BCUT2D eigenvalue weighted by molar-refractivity contribution is 8.15. The molecule has 1 saturated heterocycles. The van der Waals surface area contributed by atoms with Gasteiger partial charge in [-0.2, -0.15) is 18.3 Å². The summed E-state index contributed by atoms with van der Waals surface area (Å²) in [5.74, 6) is -1.38. The SMILES string of the molecule is CN(C)c1cc(C(F)(F)F)cc(-c2cccc(C=NN=C3NC(=O)C(CC(=O)O)S3)c2)n1. The number of rotatable bonds is 6. The number of pyridine rings is 1. The molecule has 2 heterocycles. The van der Waals surface area contributed by atoms with Crippen LogP contribution in [-0.2, 0) is 15.8 Å². The number of carboxylic acid groups (broad SMARTS) is 1. The maximum Gasteiger partial charge on any atom is 0.416 e. The van der Waals surface area contributed by atoms with Crippen molar-refractivity contribution in [2.75, 3.05) is 19.0 Å². The van der Waals surface area contributed by atoms with Crippen LogP contribution >= 0.6 is 11.8 Å². The van der Waals surface area contributed by atoms with Crippen molar-refractivity contribution >= 4 is 40.8 Å². The highest BCUT2D eigenvalue weighted by atomic mass is 32.2. The number of carbonyl (C=O) groups excluding carboxylic acids is 1. The Balaban J connectivity index is 1.83. The molecule has 1 aromatic carbocycles. The first-order valence-corrected chi connectivity index (χ1v) is 10.1. The molecule has 0 bridgehead atoms. The lowest BCUT2D eigenvalue weighted by atomic mass is 10.1. The Morgan fingerprint density at radius 1 is 1.31 bits per heavy atom. The Labute approximate surface area is 185 Å². The number of hydrogen-bond acceptors (Lipinski definition) is 7. The van der Waals surface area contributed by atoms with E-state index in [9.17, 15) is 22.8 Å². The Bertz CT molecular complexity index is 1100. The number of aliphatic carboxylic acids is 1. The highest BCUT2D eigenvalue weighted by Gasteiger charge is 2.33. The fourth-order valence-electron chi connectivity index (χ4n) is 2.73. The Morgan fingerprint density at radius 3 is 2.72 bits per heavy atom. The summed E-state index contributed by atoms with van der Waals surface area (Å²) >= 11 is 0.964. The monoisotopic (exact) mass is 465 g/mol. The van der Waals surface area contributed by atoms with Gasteiger partial charge in [-0.05, 0) is 23.8 Å². The van der Waals surface area contributed by atoms with Gasteiger partial charge in [0.05, 0.1) is 23.9 Å². The number of carbonyl (C=O) groups is 2. The van der Waals surface area contributed by atoms with Crippen LogP contribution in [0, 0.1) is 0 Å². The molecule has 1 amide bonds. The van der Waals surface area contributed by atoms with Crippen LogP contribution in [-0.4, -0.2) is 52.7 Å². The van der Waals surface area contributed by atoms with Gasteiger partial charge in [0.1, 0.15) is 11.1 Å². The lowest BCUT2D eigenvalue weighted by Crippen LogP contribution is -2.26. The van der Waals surface area contributed by atoms with E-state index < -0.39 is 28.9 Å². The predicted octanol–water partition coefficient (Wildman–Crippen LogP) is 3.23. The zero-order valence-corrected chi connectivity index (χ0v) is 17.7. The van der Waals surface area contributed by atoms with Crippen molar-refractivity contribution < 1.29 is 27.9 Å². The van der Waals surface area contributed by atoms with Gasteiger partial charge in [-0.3, -0.25) is 9.59 Å². The van der Waals surface area contributed by atoms with E-state index in [-0.39, 0.29) is 23.1 Å². The molecular weight excluding hydrogens is 447 g/mol. The largest absolute Gasteiger partial charge is 0.481 e. The number of thioether (sulfide) groups is 1. The van der Waals surface area contributed by atoms with Crippen LogP contribution in [0.5, 0.6) is 0 Å². The van der Waals surface area contributed by atoms with Gasteiger partial charge in [-0.1, -0.05) is 30.0 Å². The number of nitrogens with zero attached hydrogens (tertiary/aromatic N) is 4. The maximum absolute atomic E-state index is 13.3. The van der Waals surface area contributed by atoms with Crippen LogP contribution in [0.4, 0.5) is 19.0 Å². The second-order valence-electron chi connectivity index (χ2n) is 6.96. The first-order valence-electron chi connectivity index (χ1n) is 9.20. The summed E-state index contributed by atoms with van der Waals surface area (Å²) in [5, 5.41) is 18.4. The molecule has 1 atom stereocenters. The van der Waals surface area contributed by atoms with Gasteiger partial charge in [0.15, 0.2) is 5.17 Å². The summed E-state index contributed by atoms with van der Waals surface area (Å²) in [6.07, 6.45) is -3.48. The summed E-state index contributed by atoms with van der Waals surface area (Å²) in [7, 11) is 3.21. The first kappa shape index (κ1) is 23.3. The molecule has 1 aromatic heterocycles. The molecule has 1 aliphatic rings. The smallest absolute Gasteiger partial charge is 0.416 e. The van der Waals surface area contributed by atoms with Gasteiger partial charge in [-0.15, -0.1) is 5.10 Å². The van der Waals surface area contributed by atoms with Crippen molar-refractivity contribution in [1.29, 1.82) is 0 Å². The van der Waals surface area contributed by atoms with Crippen LogP contribution in [0.25, 0.3) is 11.3 Å². The number of amidine groups is 1. The Morgan fingerprint density at radius 2 is 2.06 bits per heavy atom. The molecule has 1 fully saturated rings. The minimum absolute atomic E-state index is 0.153. The number of aromatic nitrogens is 1. The quantitative estimate of drug-likeness (QED) is 0.501. The van der Waals surface area contributed by atoms with E-state index in [1.807, 2.05) is 0 Å².